The molecular formula is C10H13N. The Morgan fingerprint density at radius 3 is 2.82 bits per heavy atom. The molecule has 0 spiro atoms. The molecule has 0 aromatic heterocycles. The van der Waals surface area contributed by atoms with Crippen LogP contribution in [0.5, 0.6) is 0 Å². The summed E-state index contributed by atoms with van der Waals surface area (Å²) in [5.74, 6) is 0.993. The molecule has 0 N–H and O–H groups in total. The highest BCUT2D eigenvalue weighted by atomic mass is 14.5. The van der Waals surface area contributed by atoms with Gasteiger partial charge in [0.05, 0.1) is 12.0 Å². The highest BCUT2D eigenvalue weighted by Gasteiger charge is 2.40. The van der Waals surface area contributed by atoms with E-state index in [-0.39, 0.29) is 11.3 Å². The Balaban J connectivity index is 2.33. The topological polar surface area (TPSA) is 23.8 Å². The Bertz CT molecular complexity index is 236. The first-order valence-electron chi connectivity index (χ1n) is 4.33. The molecule has 1 nitrogen and oxygen atoms in total. The van der Waals surface area contributed by atoms with E-state index in [9.17, 15) is 0 Å². The van der Waals surface area contributed by atoms with Crippen LogP contribution in [-0.2, 0) is 0 Å². The Morgan fingerprint density at radius 2 is 2.45 bits per heavy atom. The van der Waals surface area contributed by atoms with Crippen molar-refractivity contribution in [2.45, 2.75) is 26.2 Å². The third kappa shape index (κ3) is 0.894. The smallest absolute Gasteiger partial charge is 0.0665 e. The van der Waals surface area contributed by atoms with E-state index in [1.165, 1.54) is 12.8 Å². The van der Waals surface area contributed by atoms with Crippen LogP contribution in [0.4, 0.5) is 0 Å². The molecule has 58 valence electrons. The number of hydrogen-bond donors (Lipinski definition) is 0. The number of nitriles is 1. The fourth-order valence-corrected chi connectivity index (χ4v) is 2.29. The van der Waals surface area contributed by atoms with Gasteiger partial charge in [-0.3, -0.25) is 0 Å². The summed E-state index contributed by atoms with van der Waals surface area (Å²) in [6.07, 6.45) is 8.18. The lowest BCUT2D eigenvalue weighted by atomic mass is 9.60. The van der Waals surface area contributed by atoms with E-state index in [1.807, 2.05) is 0 Å². The third-order valence-corrected chi connectivity index (χ3v) is 3.29. The fourth-order valence-electron chi connectivity index (χ4n) is 2.29. The molecule has 3 rings (SSSR count). The first-order chi connectivity index (χ1) is 5.24. The number of hydrogen-bond acceptors (Lipinski definition) is 1. The summed E-state index contributed by atoms with van der Waals surface area (Å²) in [5, 5.41) is 8.89. The van der Waals surface area contributed by atoms with Crippen molar-refractivity contribution in [2.24, 2.45) is 17.3 Å². The van der Waals surface area contributed by atoms with Gasteiger partial charge < -0.3 is 0 Å². The van der Waals surface area contributed by atoms with Gasteiger partial charge in [-0.05, 0) is 25.2 Å². The Kier molecular flexibility index (Phi) is 1.32. The molecule has 2 bridgehead atoms. The molecular weight excluding hydrogens is 134 g/mol. The lowest BCUT2D eigenvalue weighted by Gasteiger charge is -2.42. The highest BCUT2D eigenvalue weighted by molar-refractivity contribution is 5.17. The third-order valence-electron chi connectivity index (χ3n) is 3.29. The summed E-state index contributed by atoms with van der Waals surface area (Å²) in [5.41, 5.74) is 0.212. The van der Waals surface area contributed by atoms with Gasteiger partial charge in [0.2, 0.25) is 0 Å². The molecule has 0 aromatic rings. The molecule has 3 unspecified atom stereocenters. The molecule has 0 amide bonds. The second-order valence-electron chi connectivity index (χ2n) is 4.08. The van der Waals surface area contributed by atoms with Crippen LogP contribution in [0.25, 0.3) is 0 Å². The van der Waals surface area contributed by atoms with Crippen molar-refractivity contribution in [3.05, 3.63) is 12.2 Å². The summed E-state index contributed by atoms with van der Waals surface area (Å²) in [7, 11) is 0. The number of nitrogens with zero attached hydrogens (tertiary/aromatic N) is 1. The Morgan fingerprint density at radius 1 is 1.64 bits per heavy atom. The zero-order valence-electron chi connectivity index (χ0n) is 6.88. The van der Waals surface area contributed by atoms with Gasteiger partial charge in [0.15, 0.2) is 0 Å². The fraction of sp³-hybridized carbons (Fsp3) is 0.700. The summed E-state index contributed by atoms with van der Waals surface area (Å²) < 4.78 is 0. The minimum absolute atomic E-state index is 0.212. The second kappa shape index (κ2) is 2.11. The van der Waals surface area contributed by atoms with E-state index in [1.54, 1.807) is 0 Å². The number of fused-ring (bicyclic) bond motifs is 2. The van der Waals surface area contributed by atoms with Crippen molar-refractivity contribution in [1.82, 2.24) is 0 Å². The van der Waals surface area contributed by atoms with E-state index in [0.717, 1.165) is 6.42 Å². The van der Waals surface area contributed by atoms with E-state index in [2.05, 4.69) is 25.1 Å². The molecule has 0 aliphatic heterocycles. The molecule has 1 fully saturated rings. The van der Waals surface area contributed by atoms with Gasteiger partial charge in [0, 0.05) is 5.41 Å². The summed E-state index contributed by atoms with van der Waals surface area (Å²) in [6, 6.07) is 2.42. The van der Waals surface area contributed by atoms with Crippen LogP contribution in [0.3, 0.4) is 0 Å². The van der Waals surface area contributed by atoms with Crippen molar-refractivity contribution in [3.8, 4) is 6.07 Å². The summed E-state index contributed by atoms with van der Waals surface area (Å²) in [4.78, 5) is 0. The standard InChI is InChI=1S/C10H13N/c1-10-4-2-8(3-5-10)6-9(10)7-11/h2,4,8-9H,3,5-6H2,1H3. The maximum Gasteiger partial charge on any atom is 0.0665 e. The molecule has 3 aliphatic carbocycles. The number of allylic oxidation sites excluding steroid dienone is 2. The molecule has 1 saturated carbocycles. The van der Waals surface area contributed by atoms with E-state index < -0.39 is 0 Å². The average Bonchev–Trinajstić information content (AvgIpc) is 2.05. The lowest BCUT2D eigenvalue weighted by molar-refractivity contribution is 0.167. The van der Waals surface area contributed by atoms with Gasteiger partial charge in [0.25, 0.3) is 0 Å². The minimum Gasteiger partial charge on any atom is -0.198 e. The van der Waals surface area contributed by atoms with Gasteiger partial charge in [-0.2, -0.15) is 5.26 Å². The maximum atomic E-state index is 8.89. The first-order valence-corrected chi connectivity index (χ1v) is 4.33. The van der Waals surface area contributed by atoms with Crippen LogP contribution in [-0.4, -0.2) is 0 Å². The molecule has 0 heterocycles. The number of rotatable bonds is 0. The second-order valence-corrected chi connectivity index (χ2v) is 4.08. The predicted octanol–water partition coefficient (Wildman–Crippen LogP) is 2.50. The zero-order chi connectivity index (χ0) is 7.90. The largest absolute Gasteiger partial charge is 0.198 e. The Labute approximate surface area is 67.7 Å². The molecule has 11 heavy (non-hydrogen) atoms. The summed E-state index contributed by atoms with van der Waals surface area (Å²) >= 11 is 0. The van der Waals surface area contributed by atoms with Gasteiger partial charge >= 0.3 is 0 Å². The highest BCUT2D eigenvalue weighted by Crippen LogP contribution is 2.48. The van der Waals surface area contributed by atoms with Crippen LogP contribution < -0.4 is 0 Å². The van der Waals surface area contributed by atoms with Crippen molar-refractivity contribution in [2.75, 3.05) is 0 Å². The first kappa shape index (κ1) is 6.91. The van der Waals surface area contributed by atoms with Crippen molar-refractivity contribution in [3.63, 3.8) is 0 Å². The summed E-state index contributed by atoms with van der Waals surface area (Å²) in [6.45, 7) is 2.22. The lowest BCUT2D eigenvalue weighted by Crippen LogP contribution is -2.35. The molecule has 0 radical (unpaired) electrons. The molecule has 0 aromatic carbocycles. The van der Waals surface area contributed by atoms with Crippen molar-refractivity contribution in [1.29, 1.82) is 5.26 Å². The SMILES string of the molecule is CC12C=CC(CC1)CC2C#N. The van der Waals surface area contributed by atoms with Gasteiger partial charge in [0.1, 0.15) is 0 Å². The van der Waals surface area contributed by atoms with Crippen LogP contribution >= 0.6 is 0 Å². The van der Waals surface area contributed by atoms with Gasteiger partial charge in [-0.25, -0.2) is 0 Å². The predicted molar refractivity (Wildman–Crippen MR) is 43.7 cm³/mol. The Hall–Kier alpha value is -0.770. The van der Waals surface area contributed by atoms with E-state index >= 15 is 0 Å². The van der Waals surface area contributed by atoms with E-state index in [0.29, 0.717) is 5.92 Å². The van der Waals surface area contributed by atoms with Crippen LogP contribution in [0.1, 0.15) is 26.2 Å². The molecule has 3 atom stereocenters. The normalized spacial score (nSPS) is 47.3. The van der Waals surface area contributed by atoms with Crippen molar-refractivity contribution >= 4 is 0 Å². The maximum absolute atomic E-state index is 8.89. The zero-order valence-corrected chi connectivity index (χ0v) is 6.88. The molecule has 1 heteroatoms. The monoisotopic (exact) mass is 147 g/mol. The van der Waals surface area contributed by atoms with Crippen LogP contribution in [0.2, 0.25) is 0 Å². The minimum atomic E-state index is 0.212. The van der Waals surface area contributed by atoms with E-state index in [4.69, 9.17) is 5.26 Å². The van der Waals surface area contributed by atoms with Crippen LogP contribution in [0.15, 0.2) is 12.2 Å². The molecule has 0 saturated heterocycles. The van der Waals surface area contributed by atoms with Crippen LogP contribution in [0, 0.1) is 28.6 Å². The van der Waals surface area contributed by atoms with Crippen molar-refractivity contribution < 1.29 is 0 Å². The quantitative estimate of drug-likeness (QED) is 0.483. The molecule has 3 aliphatic rings. The van der Waals surface area contributed by atoms with Gasteiger partial charge in [-0.1, -0.05) is 19.1 Å². The van der Waals surface area contributed by atoms with Gasteiger partial charge in [-0.15, -0.1) is 0 Å². The average molecular weight is 147 g/mol.